The number of halogens is 1. The van der Waals surface area contributed by atoms with Crippen LogP contribution in [0.4, 0.5) is 0 Å². The number of nitrogens with one attached hydrogen (secondary N) is 1. The summed E-state index contributed by atoms with van der Waals surface area (Å²) in [6, 6.07) is 7.64. The van der Waals surface area contributed by atoms with Gasteiger partial charge in [-0.3, -0.25) is 0 Å². The summed E-state index contributed by atoms with van der Waals surface area (Å²) in [5, 5.41) is 3.85. The first-order valence-corrected chi connectivity index (χ1v) is 7.49. The van der Waals surface area contributed by atoms with Crippen LogP contribution in [-0.4, -0.2) is 27.0 Å². The zero-order valence-corrected chi connectivity index (χ0v) is 11.0. The van der Waals surface area contributed by atoms with Crippen LogP contribution in [0.25, 0.3) is 0 Å². The van der Waals surface area contributed by atoms with E-state index in [1.165, 1.54) is 6.26 Å². The van der Waals surface area contributed by atoms with Gasteiger partial charge in [-0.2, -0.15) is 0 Å². The summed E-state index contributed by atoms with van der Waals surface area (Å²) >= 11 is 5.78. The lowest BCUT2D eigenvalue weighted by atomic mass is 10.1. The van der Waals surface area contributed by atoms with Crippen LogP contribution in [0.5, 0.6) is 0 Å². The van der Waals surface area contributed by atoms with E-state index in [4.69, 9.17) is 11.6 Å². The second kappa shape index (κ2) is 5.66. The Balaban J connectivity index is 2.47. The van der Waals surface area contributed by atoms with Crippen molar-refractivity contribution in [3.63, 3.8) is 0 Å². The third-order valence-corrected chi connectivity index (χ3v) is 3.49. The molecule has 0 fully saturated rings. The normalized spacial score (nSPS) is 13.7. The molecule has 0 unspecified atom stereocenters. The highest BCUT2D eigenvalue weighted by Gasteiger charge is 2.06. The lowest BCUT2D eigenvalue weighted by Gasteiger charge is -2.13. The number of rotatable bonds is 5. The summed E-state index contributed by atoms with van der Waals surface area (Å²) in [6.45, 7) is 2.45. The first kappa shape index (κ1) is 13.5. The van der Waals surface area contributed by atoms with Gasteiger partial charge in [-0.1, -0.05) is 23.7 Å². The Morgan fingerprint density at radius 3 is 2.38 bits per heavy atom. The highest BCUT2D eigenvalue weighted by molar-refractivity contribution is 7.90. The van der Waals surface area contributed by atoms with E-state index in [0.717, 1.165) is 5.56 Å². The van der Waals surface area contributed by atoms with Crippen LogP contribution in [0.1, 0.15) is 18.5 Å². The van der Waals surface area contributed by atoms with E-state index in [-0.39, 0.29) is 11.8 Å². The summed E-state index contributed by atoms with van der Waals surface area (Å²) in [5.41, 5.74) is 1.10. The minimum absolute atomic E-state index is 0.124. The van der Waals surface area contributed by atoms with Crippen molar-refractivity contribution in [2.75, 3.05) is 18.6 Å². The molecule has 0 aliphatic carbocycles. The van der Waals surface area contributed by atoms with Gasteiger partial charge in [0.15, 0.2) is 0 Å². The van der Waals surface area contributed by atoms with E-state index < -0.39 is 9.84 Å². The number of hydrogen-bond donors (Lipinski definition) is 1. The van der Waals surface area contributed by atoms with E-state index in [1.54, 1.807) is 0 Å². The van der Waals surface area contributed by atoms with Crippen LogP contribution in [0.15, 0.2) is 24.3 Å². The average molecular weight is 262 g/mol. The molecule has 90 valence electrons. The molecule has 0 heterocycles. The van der Waals surface area contributed by atoms with Gasteiger partial charge in [0, 0.05) is 23.9 Å². The first-order chi connectivity index (χ1) is 7.38. The Bertz CT molecular complexity index is 428. The van der Waals surface area contributed by atoms with Gasteiger partial charge in [-0.15, -0.1) is 0 Å². The number of benzene rings is 1. The van der Waals surface area contributed by atoms with Crippen molar-refractivity contribution >= 4 is 21.4 Å². The van der Waals surface area contributed by atoms with Crippen molar-refractivity contribution in [1.82, 2.24) is 5.32 Å². The average Bonchev–Trinajstić information content (AvgIpc) is 2.16. The maximum atomic E-state index is 10.9. The van der Waals surface area contributed by atoms with E-state index in [0.29, 0.717) is 11.6 Å². The van der Waals surface area contributed by atoms with E-state index in [1.807, 2.05) is 31.2 Å². The fraction of sp³-hybridized carbons (Fsp3) is 0.455. The molecule has 5 heteroatoms. The van der Waals surface area contributed by atoms with Crippen molar-refractivity contribution < 1.29 is 8.42 Å². The molecule has 0 aliphatic heterocycles. The van der Waals surface area contributed by atoms with Gasteiger partial charge < -0.3 is 5.32 Å². The Morgan fingerprint density at radius 2 is 1.88 bits per heavy atom. The monoisotopic (exact) mass is 261 g/mol. The standard InChI is InChI=1S/C11H16ClNO2S/c1-9(13-7-8-16(2,14)15)10-3-5-11(12)6-4-10/h3-6,9,13H,7-8H2,1-2H3/t9-/m0/s1. The van der Waals surface area contributed by atoms with Gasteiger partial charge in [0.1, 0.15) is 9.84 Å². The molecule has 3 nitrogen and oxygen atoms in total. The molecular weight excluding hydrogens is 246 g/mol. The fourth-order valence-corrected chi connectivity index (χ4v) is 1.94. The van der Waals surface area contributed by atoms with Crippen molar-refractivity contribution in [2.45, 2.75) is 13.0 Å². The van der Waals surface area contributed by atoms with Crippen LogP contribution in [0, 0.1) is 0 Å². The molecule has 1 rings (SSSR count). The molecule has 0 radical (unpaired) electrons. The highest BCUT2D eigenvalue weighted by Crippen LogP contribution is 2.15. The largest absolute Gasteiger partial charge is 0.309 e. The molecule has 1 N–H and O–H groups in total. The predicted octanol–water partition coefficient (Wildman–Crippen LogP) is 2.04. The van der Waals surface area contributed by atoms with Crippen molar-refractivity contribution in [3.05, 3.63) is 34.9 Å². The SMILES string of the molecule is C[C@H](NCCS(C)(=O)=O)c1ccc(Cl)cc1. The van der Waals surface area contributed by atoms with Gasteiger partial charge in [-0.25, -0.2) is 8.42 Å². The smallest absolute Gasteiger partial charge is 0.148 e. The Morgan fingerprint density at radius 1 is 1.31 bits per heavy atom. The zero-order valence-electron chi connectivity index (χ0n) is 9.40. The second-order valence-corrected chi connectivity index (χ2v) is 6.55. The molecular formula is C11H16ClNO2S. The van der Waals surface area contributed by atoms with Crippen LogP contribution in [-0.2, 0) is 9.84 Å². The van der Waals surface area contributed by atoms with Crippen molar-refractivity contribution in [2.24, 2.45) is 0 Å². The molecule has 1 atom stereocenters. The zero-order chi connectivity index (χ0) is 12.2. The molecule has 0 aromatic heterocycles. The van der Waals surface area contributed by atoms with Crippen LogP contribution < -0.4 is 5.32 Å². The fourth-order valence-electron chi connectivity index (χ4n) is 1.33. The minimum atomic E-state index is -2.89. The highest BCUT2D eigenvalue weighted by atomic mass is 35.5. The van der Waals surface area contributed by atoms with Crippen LogP contribution >= 0.6 is 11.6 Å². The van der Waals surface area contributed by atoms with Gasteiger partial charge >= 0.3 is 0 Å². The van der Waals surface area contributed by atoms with Crippen molar-refractivity contribution in [3.8, 4) is 0 Å². The summed E-state index contributed by atoms with van der Waals surface area (Å²) in [7, 11) is -2.89. The first-order valence-electron chi connectivity index (χ1n) is 5.05. The molecule has 16 heavy (non-hydrogen) atoms. The Labute approximate surface area is 102 Å². The summed E-state index contributed by atoms with van der Waals surface area (Å²) < 4.78 is 21.9. The topological polar surface area (TPSA) is 46.2 Å². The summed E-state index contributed by atoms with van der Waals surface area (Å²) in [5.74, 6) is 0.158. The predicted molar refractivity (Wildman–Crippen MR) is 67.6 cm³/mol. The maximum Gasteiger partial charge on any atom is 0.148 e. The molecule has 0 bridgehead atoms. The second-order valence-electron chi connectivity index (χ2n) is 3.86. The van der Waals surface area contributed by atoms with E-state index in [9.17, 15) is 8.42 Å². The number of hydrogen-bond acceptors (Lipinski definition) is 3. The molecule has 0 amide bonds. The van der Waals surface area contributed by atoms with E-state index in [2.05, 4.69) is 5.32 Å². The van der Waals surface area contributed by atoms with Crippen LogP contribution in [0.3, 0.4) is 0 Å². The Kier molecular flexibility index (Phi) is 4.77. The number of sulfone groups is 1. The summed E-state index contributed by atoms with van der Waals surface area (Å²) in [6.07, 6.45) is 1.24. The molecule has 0 saturated heterocycles. The van der Waals surface area contributed by atoms with Gasteiger partial charge in [0.25, 0.3) is 0 Å². The summed E-state index contributed by atoms with van der Waals surface area (Å²) in [4.78, 5) is 0. The van der Waals surface area contributed by atoms with Crippen LogP contribution in [0.2, 0.25) is 5.02 Å². The third kappa shape index (κ3) is 4.96. The molecule has 0 spiro atoms. The van der Waals surface area contributed by atoms with Crippen molar-refractivity contribution in [1.29, 1.82) is 0 Å². The van der Waals surface area contributed by atoms with Gasteiger partial charge in [0.05, 0.1) is 5.75 Å². The molecule has 1 aromatic carbocycles. The van der Waals surface area contributed by atoms with Gasteiger partial charge in [0.2, 0.25) is 0 Å². The van der Waals surface area contributed by atoms with Gasteiger partial charge in [-0.05, 0) is 24.6 Å². The minimum Gasteiger partial charge on any atom is -0.309 e. The quantitative estimate of drug-likeness (QED) is 0.882. The lowest BCUT2D eigenvalue weighted by molar-refractivity contribution is 0.576. The maximum absolute atomic E-state index is 10.9. The Hall–Kier alpha value is -0.580. The lowest BCUT2D eigenvalue weighted by Crippen LogP contribution is -2.25. The van der Waals surface area contributed by atoms with E-state index >= 15 is 0 Å². The molecule has 1 aromatic rings. The third-order valence-electron chi connectivity index (χ3n) is 2.29. The molecule has 0 aliphatic rings. The molecule has 0 saturated carbocycles.